The van der Waals surface area contributed by atoms with Crippen molar-refractivity contribution in [3.8, 4) is 0 Å². The molecule has 2 heteroatoms. The van der Waals surface area contributed by atoms with Crippen LogP contribution in [0, 0.1) is 5.41 Å². The summed E-state index contributed by atoms with van der Waals surface area (Å²) in [4.78, 5) is 0. The Bertz CT molecular complexity index is 89.7. The van der Waals surface area contributed by atoms with Gasteiger partial charge >= 0.3 is 0 Å². The topological polar surface area (TPSA) is 0 Å². The smallest absolute Gasteiger partial charge is 0.0291 e. The first kappa shape index (κ1) is 12.6. The Morgan fingerprint density at radius 3 is 1.92 bits per heavy atom. The standard InChI is InChI=1S/C10H20Cl2/c1-3-5-6-7-10(4-2,8-11)9-12/h3-9H2,1-2H3. The van der Waals surface area contributed by atoms with Crippen molar-refractivity contribution in [2.24, 2.45) is 5.41 Å². The van der Waals surface area contributed by atoms with Crippen molar-refractivity contribution >= 4 is 23.2 Å². The highest BCUT2D eigenvalue weighted by atomic mass is 35.5. The average molecular weight is 211 g/mol. The molecule has 0 nitrogen and oxygen atoms in total. The summed E-state index contributed by atoms with van der Waals surface area (Å²) in [5.74, 6) is 1.41. The summed E-state index contributed by atoms with van der Waals surface area (Å²) in [6, 6.07) is 0. The van der Waals surface area contributed by atoms with Crippen molar-refractivity contribution in [2.75, 3.05) is 11.8 Å². The van der Waals surface area contributed by atoms with Gasteiger partial charge < -0.3 is 0 Å². The molecule has 0 fully saturated rings. The van der Waals surface area contributed by atoms with E-state index < -0.39 is 0 Å². The van der Waals surface area contributed by atoms with Crippen molar-refractivity contribution in [1.29, 1.82) is 0 Å². The number of alkyl halides is 2. The Balaban J connectivity index is 3.76. The van der Waals surface area contributed by atoms with Crippen molar-refractivity contribution in [2.45, 2.75) is 46.0 Å². The third-order valence-corrected chi connectivity index (χ3v) is 3.76. The van der Waals surface area contributed by atoms with E-state index in [-0.39, 0.29) is 5.41 Å². The lowest BCUT2D eigenvalue weighted by molar-refractivity contribution is 0.320. The van der Waals surface area contributed by atoms with E-state index in [9.17, 15) is 0 Å². The van der Waals surface area contributed by atoms with Crippen LogP contribution in [0.3, 0.4) is 0 Å². The van der Waals surface area contributed by atoms with Gasteiger partial charge in [0.25, 0.3) is 0 Å². The first-order chi connectivity index (χ1) is 5.74. The molecule has 0 N–H and O–H groups in total. The summed E-state index contributed by atoms with van der Waals surface area (Å²) >= 11 is 11.8. The summed E-state index contributed by atoms with van der Waals surface area (Å²) in [7, 11) is 0. The maximum Gasteiger partial charge on any atom is 0.0291 e. The molecule has 0 aliphatic carbocycles. The van der Waals surface area contributed by atoms with E-state index >= 15 is 0 Å². The molecule has 0 radical (unpaired) electrons. The predicted octanol–water partition coefficient (Wildman–Crippen LogP) is 4.44. The molecule has 0 aliphatic heterocycles. The summed E-state index contributed by atoms with van der Waals surface area (Å²) in [6.45, 7) is 4.39. The van der Waals surface area contributed by atoms with Crippen LogP contribution in [0.1, 0.15) is 46.0 Å². The van der Waals surface area contributed by atoms with Gasteiger partial charge in [-0.1, -0.05) is 33.1 Å². The average Bonchev–Trinajstić information content (AvgIpc) is 2.14. The Labute approximate surface area is 86.6 Å². The summed E-state index contributed by atoms with van der Waals surface area (Å²) in [6.07, 6.45) is 6.12. The van der Waals surface area contributed by atoms with Crippen LogP contribution in [0.5, 0.6) is 0 Å². The summed E-state index contributed by atoms with van der Waals surface area (Å²) in [5.41, 5.74) is 0.207. The Morgan fingerprint density at radius 1 is 1.00 bits per heavy atom. The number of rotatable bonds is 7. The Kier molecular flexibility index (Phi) is 7.37. The zero-order valence-corrected chi connectivity index (χ0v) is 9.72. The quantitative estimate of drug-likeness (QED) is 0.431. The van der Waals surface area contributed by atoms with E-state index in [1.54, 1.807) is 0 Å². The molecule has 0 unspecified atom stereocenters. The Morgan fingerprint density at radius 2 is 1.58 bits per heavy atom. The van der Waals surface area contributed by atoms with Crippen molar-refractivity contribution in [1.82, 2.24) is 0 Å². The molecular weight excluding hydrogens is 191 g/mol. The molecule has 0 spiro atoms. The van der Waals surface area contributed by atoms with Crippen LogP contribution in [0.2, 0.25) is 0 Å². The van der Waals surface area contributed by atoms with Crippen molar-refractivity contribution < 1.29 is 0 Å². The highest BCUT2D eigenvalue weighted by Gasteiger charge is 2.25. The zero-order chi connectivity index (χ0) is 9.45. The van der Waals surface area contributed by atoms with E-state index in [0.29, 0.717) is 11.8 Å². The number of hydrogen-bond acceptors (Lipinski definition) is 0. The third-order valence-electron chi connectivity index (χ3n) is 2.63. The van der Waals surface area contributed by atoms with E-state index in [1.807, 2.05) is 0 Å². The maximum atomic E-state index is 5.92. The van der Waals surface area contributed by atoms with E-state index in [2.05, 4.69) is 13.8 Å². The molecule has 0 heterocycles. The molecule has 0 atom stereocenters. The fraction of sp³-hybridized carbons (Fsp3) is 1.00. The van der Waals surface area contributed by atoms with E-state index in [1.165, 1.54) is 25.7 Å². The fourth-order valence-corrected chi connectivity index (χ4v) is 2.22. The van der Waals surface area contributed by atoms with Crippen LogP contribution < -0.4 is 0 Å². The molecule has 74 valence electrons. The molecular formula is C10H20Cl2. The molecule has 12 heavy (non-hydrogen) atoms. The molecule has 0 amide bonds. The number of halogens is 2. The molecule has 0 aliphatic rings. The molecule has 0 rings (SSSR count). The molecule has 0 aromatic carbocycles. The predicted molar refractivity (Wildman–Crippen MR) is 58.3 cm³/mol. The lowest BCUT2D eigenvalue weighted by atomic mass is 9.84. The van der Waals surface area contributed by atoms with E-state index in [4.69, 9.17) is 23.2 Å². The van der Waals surface area contributed by atoms with Gasteiger partial charge in [-0.15, -0.1) is 23.2 Å². The molecule has 0 aromatic heterocycles. The normalized spacial score (nSPS) is 12.0. The van der Waals surface area contributed by atoms with Crippen LogP contribution in [0.4, 0.5) is 0 Å². The van der Waals surface area contributed by atoms with Crippen LogP contribution in [-0.4, -0.2) is 11.8 Å². The van der Waals surface area contributed by atoms with Gasteiger partial charge in [-0.3, -0.25) is 0 Å². The SMILES string of the molecule is CCCCCC(CC)(CCl)CCl. The lowest BCUT2D eigenvalue weighted by Gasteiger charge is -2.27. The van der Waals surface area contributed by atoms with Crippen LogP contribution in [0.25, 0.3) is 0 Å². The second kappa shape index (κ2) is 7.03. The summed E-state index contributed by atoms with van der Waals surface area (Å²) < 4.78 is 0. The van der Waals surface area contributed by atoms with Crippen LogP contribution in [-0.2, 0) is 0 Å². The minimum atomic E-state index is 0.207. The highest BCUT2D eigenvalue weighted by molar-refractivity contribution is 6.21. The zero-order valence-electron chi connectivity index (χ0n) is 8.21. The van der Waals surface area contributed by atoms with Crippen molar-refractivity contribution in [3.05, 3.63) is 0 Å². The maximum absolute atomic E-state index is 5.92. The fourth-order valence-electron chi connectivity index (χ4n) is 1.29. The van der Waals surface area contributed by atoms with Gasteiger partial charge in [0.05, 0.1) is 0 Å². The minimum Gasteiger partial charge on any atom is -0.126 e. The second-order valence-electron chi connectivity index (χ2n) is 3.58. The summed E-state index contributed by atoms with van der Waals surface area (Å²) in [5, 5.41) is 0. The van der Waals surface area contributed by atoms with Gasteiger partial charge in [-0.2, -0.15) is 0 Å². The monoisotopic (exact) mass is 210 g/mol. The van der Waals surface area contributed by atoms with Crippen LogP contribution >= 0.6 is 23.2 Å². The van der Waals surface area contributed by atoms with Crippen molar-refractivity contribution in [3.63, 3.8) is 0 Å². The second-order valence-corrected chi connectivity index (χ2v) is 4.11. The number of unbranched alkanes of at least 4 members (excludes halogenated alkanes) is 2. The first-order valence-corrected chi connectivity index (χ1v) is 5.93. The molecule has 0 aromatic rings. The largest absolute Gasteiger partial charge is 0.126 e. The van der Waals surface area contributed by atoms with Gasteiger partial charge in [0.2, 0.25) is 0 Å². The van der Waals surface area contributed by atoms with Gasteiger partial charge in [0.15, 0.2) is 0 Å². The molecule has 0 saturated carbocycles. The molecule has 0 saturated heterocycles. The van der Waals surface area contributed by atoms with Gasteiger partial charge in [0, 0.05) is 11.8 Å². The highest BCUT2D eigenvalue weighted by Crippen LogP contribution is 2.31. The lowest BCUT2D eigenvalue weighted by Crippen LogP contribution is -2.24. The third kappa shape index (κ3) is 4.00. The van der Waals surface area contributed by atoms with E-state index in [0.717, 1.165) is 6.42 Å². The van der Waals surface area contributed by atoms with Gasteiger partial charge in [-0.25, -0.2) is 0 Å². The van der Waals surface area contributed by atoms with Gasteiger partial charge in [0.1, 0.15) is 0 Å². The number of hydrogen-bond donors (Lipinski definition) is 0. The minimum absolute atomic E-state index is 0.207. The van der Waals surface area contributed by atoms with Crippen LogP contribution in [0.15, 0.2) is 0 Å². The first-order valence-electron chi connectivity index (χ1n) is 4.86. The van der Waals surface area contributed by atoms with Gasteiger partial charge in [-0.05, 0) is 18.3 Å². The molecule has 0 bridgehead atoms. The Hall–Kier alpha value is 0.580.